The van der Waals surface area contributed by atoms with Gasteiger partial charge in [-0.15, -0.1) is 0 Å². The Balaban J connectivity index is 1.43. The second-order valence-electron chi connectivity index (χ2n) is 6.51. The molecule has 1 aromatic carbocycles. The van der Waals surface area contributed by atoms with E-state index in [4.69, 9.17) is 0 Å². The number of benzene rings is 1. The van der Waals surface area contributed by atoms with E-state index in [9.17, 15) is 9.18 Å². The molecule has 23 heavy (non-hydrogen) atoms. The quantitative estimate of drug-likeness (QED) is 0.861. The van der Waals surface area contributed by atoms with Crippen LogP contribution in [0.2, 0.25) is 0 Å². The van der Waals surface area contributed by atoms with E-state index in [2.05, 4.69) is 4.90 Å². The standard InChI is InChI=1S/C18H19FN2OS/c19-16-3-1-14(2-4-16)11-21-9-7-18(21)6-8-20(13-18)17(22)15-5-10-23-12-15/h1-5,10,12H,6-9,11,13H2. The maximum absolute atomic E-state index is 13.0. The van der Waals surface area contributed by atoms with Gasteiger partial charge >= 0.3 is 0 Å². The molecule has 2 aliphatic heterocycles. The van der Waals surface area contributed by atoms with Crippen LogP contribution >= 0.6 is 11.3 Å². The van der Waals surface area contributed by atoms with E-state index >= 15 is 0 Å². The second-order valence-corrected chi connectivity index (χ2v) is 7.29. The van der Waals surface area contributed by atoms with Crippen molar-refractivity contribution in [3.8, 4) is 0 Å². The fourth-order valence-electron chi connectivity index (χ4n) is 3.70. The summed E-state index contributed by atoms with van der Waals surface area (Å²) >= 11 is 1.56. The van der Waals surface area contributed by atoms with Crippen molar-refractivity contribution in [2.24, 2.45) is 0 Å². The number of hydrogen-bond donors (Lipinski definition) is 0. The normalized spacial score (nSPS) is 24.1. The third-order valence-electron chi connectivity index (χ3n) is 5.19. The minimum atomic E-state index is -0.194. The van der Waals surface area contributed by atoms with Crippen molar-refractivity contribution in [3.63, 3.8) is 0 Å². The van der Waals surface area contributed by atoms with Crippen LogP contribution in [0.1, 0.15) is 28.8 Å². The van der Waals surface area contributed by atoms with Crippen LogP contribution in [0.3, 0.4) is 0 Å². The largest absolute Gasteiger partial charge is 0.337 e. The number of likely N-dealkylation sites (tertiary alicyclic amines) is 2. The SMILES string of the molecule is O=C(c1ccsc1)N1CCC2(CCN2Cc2ccc(F)cc2)C1. The minimum absolute atomic E-state index is 0.125. The molecule has 0 saturated carbocycles. The first kappa shape index (κ1) is 14.8. The summed E-state index contributed by atoms with van der Waals surface area (Å²) in [6.07, 6.45) is 2.17. The number of hydrogen-bond acceptors (Lipinski definition) is 3. The molecule has 2 saturated heterocycles. The van der Waals surface area contributed by atoms with Gasteiger partial charge in [0.1, 0.15) is 5.82 Å². The van der Waals surface area contributed by atoms with Gasteiger partial charge in [0.2, 0.25) is 0 Å². The van der Waals surface area contributed by atoms with Crippen molar-refractivity contribution < 1.29 is 9.18 Å². The fourth-order valence-corrected chi connectivity index (χ4v) is 4.33. The highest BCUT2D eigenvalue weighted by molar-refractivity contribution is 7.08. The number of halogens is 1. The molecule has 3 heterocycles. The summed E-state index contributed by atoms with van der Waals surface area (Å²) in [5.41, 5.74) is 2.06. The van der Waals surface area contributed by atoms with E-state index in [0.717, 1.165) is 50.1 Å². The maximum atomic E-state index is 13.0. The van der Waals surface area contributed by atoms with Crippen LogP contribution in [0, 0.1) is 5.82 Å². The van der Waals surface area contributed by atoms with E-state index in [1.54, 1.807) is 11.3 Å². The number of carbonyl (C=O) groups is 1. The monoisotopic (exact) mass is 330 g/mol. The molecule has 0 radical (unpaired) electrons. The molecule has 4 rings (SSSR count). The molecule has 1 amide bonds. The molecule has 0 N–H and O–H groups in total. The molecule has 0 bridgehead atoms. The molecule has 2 fully saturated rings. The molecule has 1 spiro atoms. The minimum Gasteiger partial charge on any atom is -0.337 e. The van der Waals surface area contributed by atoms with Crippen LogP contribution < -0.4 is 0 Å². The zero-order valence-electron chi connectivity index (χ0n) is 12.9. The second kappa shape index (κ2) is 5.73. The van der Waals surface area contributed by atoms with Crippen molar-refractivity contribution >= 4 is 17.2 Å². The molecule has 0 aliphatic carbocycles. The average molecular weight is 330 g/mol. The van der Waals surface area contributed by atoms with Crippen LogP contribution in [-0.2, 0) is 6.54 Å². The van der Waals surface area contributed by atoms with Gasteiger partial charge in [-0.1, -0.05) is 12.1 Å². The first-order valence-electron chi connectivity index (χ1n) is 7.97. The Labute approximate surface area is 139 Å². The lowest BCUT2D eigenvalue weighted by Crippen LogP contribution is -2.60. The molecule has 1 unspecified atom stereocenters. The van der Waals surface area contributed by atoms with E-state index < -0.39 is 0 Å². The van der Waals surface area contributed by atoms with Gasteiger partial charge in [0.05, 0.1) is 5.56 Å². The van der Waals surface area contributed by atoms with Gasteiger partial charge in [0.15, 0.2) is 0 Å². The molecule has 3 nitrogen and oxygen atoms in total. The Bertz CT molecular complexity index is 700. The highest BCUT2D eigenvalue weighted by Crippen LogP contribution is 2.40. The van der Waals surface area contributed by atoms with E-state index in [-0.39, 0.29) is 17.3 Å². The van der Waals surface area contributed by atoms with Crippen molar-refractivity contribution in [2.75, 3.05) is 19.6 Å². The number of carbonyl (C=O) groups excluding carboxylic acids is 1. The van der Waals surface area contributed by atoms with Crippen molar-refractivity contribution in [1.29, 1.82) is 0 Å². The molecule has 120 valence electrons. The fraction of sp³-hybridized carbons (Fsp3) is 0.389. The molecule has 5 heteroatoms. The topological polar surface area (TPSA) is 23.6 Å². The molecular weight excluding hydrogens is 311 g/mol. The predicted octanol–water partition coefficient (Wildman–Crippen LogP) is 3.38. The Kier molecular flexibility index (Phi) is 3.70. The average Bonchev–Trinajstić information content (AvgIpc) is 3.23. The first-order chi connectivity index (χ1) is 11.2. The van der Waals surface area contributed by atoms with Crippen molar-refractivity contribution in [1.82, 2.24) is 9.80 Å². The highest BCUT2D eigenvalue weighted by Gasteiger charge is 2.49. The van der Waals surface area contributed by atoms with Crippen LogP contribution in [0.4, 0.5) is 4.39 Å². The van der Waals surface area contributed by atoms with Gasteiger partial charge < -0.3 is 4.90 Å². The van der Waals surface area contributed by atoms with E-state index in [1.807, 2.05) is 33.9 Å². The Morgan fingerprint density at radius 1 is 1.17 bits per heavy atom. The Hall–Kier alpha value is -1.72. The molecule has 1 atom stereocenters. The Morgan fingerprint density at radius 2 is 1.96 bits per heavy atom. The summed E-state index contributed by atoms with van der Waals surface area (Å²) in [4.78, 5) is 16.9. The molecular formula is C18H19FN2OS. The van der Waals surface area contributed by atoms with Gasteiger partial charge in [-0.25, -0.2) is 4.39 Å². The first-order valence-corrected chi connectivity index (χ1v) is 8.92. The third kappa shape index (κ3) is 2.68. The van der Waals surface area contributed by atoms with Gasteiger partial charge in [0.25, 0.3) is 5.91 Å². The van der Waals surface area contributed by atoms with Gasteiger partial charge in [-0.3, -0.25) is 9.69 Å². The smallest absolute Gasteiger partial charge is 0.254 e. The van der Waals surface area contributed by atoms with Crippen molar-refractivity contribution in [2.45, 2.75) is 24.9 Å². The van der Waals surface area contributed by atoms with Gasteiger partial charge in [0, 0.05) is 37.1 Å². The lowest BCUT2D eigenvalue weighted by Gasteiger charge is -2.50. The molecule has 1 aromatic heterocycles. The van der Waals surface area contributed by atoms with Crippen LogP contribution in [-0.4, -0.2) is 40.9 Å². The van der Waals surface area contributed by atoms with Gasteiger partial charge in [-0.2, -0.15) is 11.3 Å². The maximum Gasteiger partial charge on any atom is 0.254 e. The van der Waals surface area contributed by atoms with Gasteiger partial charge in [-0.05, 0) is 42.0 Å². The number of nitrogens with zero attached hydrogens (tertiary/aromatic N) is 2. The molecule has 2 aromatic rings. The predicted molar refractivity (Wildman–Crippen MR) is 89.0 cm³/mol. The van der Waals surface area contributed by atoms with Crippen LogP contribution in [0.15, 0.2) is 41.1 Å². The van der Waals surface area contributed by atoms with Crippen LogP contribution in [0.5, 0.6) is 0 Å². The summed E-state index contributed by atoms with van der Waals surface area (Å²) in [6, 6.07) is 8.63. The summed E-state index contributed by atoms with van der Waals surface area (Å²) in [6.45, 7) is 3.52. The van der Waals surface area contributed by atoms with E-state index in [0.29, 0.717) is 0 Å². The van der Waals surface area contributed by atoms with Crippen LogP contribution in [0.25, 0.3) is 0 Å². The van der Waals surface area contributed by atoms with E-state index in [1.165, 1.54) is 12.1 Å². The lowest BCUT2D eigenvalue weighted by atomic mass is 9.83. The summed E-state index contributed by atoms with van der Waals surface area (Å²) < 4.78 is 13.0. The summed E-state index contributed by atoms with van der Waals surface area (Å²) in [5, 5.41) is 3.87. The number of thiophene rings is 1. The molecule has 2 aliphatic rings. The lowest BCUT2D eigenvalue weighted by molar-refractivity contribution is -0.0131. The number of amides is 1. The summed E-state index contributed by atoms with van der Waals surface area (Å²) in [7, 11) is 0. The highest BCUT2D eigenvalue weighted by atomic mass is 32.1. The third-order valence-corrected chi connectivity index (χ3v) is 5.88. The Morgan fingerprint density at radius 3 is 2.61 bits per heavy atom. The number of rotatable bonds is 3. The zero-order chi connectivity index (χ0) is 15.9. The van der Waals surface area contributed by atoms with Crippen molar-refractivity contribution in [3.05, 3.63) is 58.0 Å². The zero-order valence-corrected chi connectivity index (χ0v) is 13.7. The summed E-state index contributed by atoms with van der Waals surface area (Å²) in [5.74, 6) is -0.0442.